The van der Waals surface area contributed by atoms with Gasteiger partial charge in [0.2, 0.25) is 5.89 Å². The first-order valence-corrected chi connectivity index (χ1v) is 4.79. The Balaban J connectivity index is 2.70. The average molecular weight is 199 g/mol. The Hall–Kier alpha value is -0.940. The van der Waals surface area contributed by atoms with E-state index in [4.69, 9.17) is 15.0 Å². The molecular weight excluding hydrogens is 182 g/mol. The van der Waals surface area contributed by atoms with Gasteiger partial charge in [-0.25, -0.2) is 0 Å². The monoisotopic (exact) mass is 199 g/mol. The average Bonchev–Trinajstić information content (AvgIpc) is 2.63. The topological polar surface area (TPSA) is 74.2 Å². The quantitative estimate of drug-likeness (QED) is 0.760. The summed E-state index contributed by atoms with van der Waals surface area (Å²) in [6.45, 7) is 6.72. The molecule has 0 amide bonds. The summed E-state index contributed by atoms with van der Waals surface area (Å²) >= 11 is 0. The first-order valence-electron chi connectivity index (χ1n) is 4.79. The standard InChI is InChI=1S/C9H17N3O2/c1-4-7-11-8(12-14-7)9(3,10)6-13-5-2/h4-6,10H2,1-3H3. The molecule has 0 saturated carbocycles. The lowest BCUT2D eigenvalue weighted by Gasteiger charge is -2.19. The minimum Gasteiger partial charge on any atom is -0.379 e. The first-order chi connectivity index (χ1) is 6.60. The molecule has 1 aromatic heterocycles. The second-order valence-corrected chi connectivity index (χ2v) is 3.42. The number of ether oxygens (including phenoxy) is 1. The number of aryl methyl sites for hydroxylation is 1. The molecule has 0 aliphatic rings. The maximum atomic E-state index is 5.98. The van der Waals surface area contributed by atoms with Gasteiger partial charge >= 0.3 is 0 Å². The highest BCUT2D eigenvalue weighted by Gasteiger charge is 2.27. The van der Waals surface area contributed by atoms with Crippen molar-refractivity contribution in [1.82, 2.24) is 10.1 Å². The molecule has 1 aromatic rings. The normalized spacial score (nSPS) is 15.4. The highest BCUT2D eigenvalue weighted by Crippen LogP contribution is 2.14. The molecule has 14 heavy (non-hydrogen) atoms. The van der Waals surface area contributed by atoms with Gasteiger partial charge in [0.1, 0.15) is 5.54 Å². The Morgan fingerprint density at radius 1 is 1.50 bits per heavy atom. The summed E-state index contributed by atoms with van der Waals surface area (Å²) in [7, 11) is 0. The SMILES string of the molecule is CCOCC(C)(N)c1noc(CC)n1. The van der Waals surface area contributed by atoms with Crippen LogP contribution in [0, 0.1) is 0 Å². The largest absolute Gasteiger partial charge is 0.379 e. The maximum absolute atomic E-state index is 5.98. The number of hydrogen-bond acceptors (Lipinski definition) is 5. The number of nitrogens with zero attached hydrogens (tertiary/aromatic N) is 2. The van der Waals surface area contributed by atoms with Crippen LogP contribution in [0.2, 0.25) is 0 Å². The Morgan fingerprint density at radius 2 is 2.21 bits per heavy atom. The van der Waals surface area contributed by atoms with E-state index >= 15 is 0 Å². The van der Waals surface area contributed by atoms with Crippen LogP contribution in [0.4, 0.5) is 0 Å². The van der Waals surface area contributed by atoms with Crippen molar-refractivity contribution in [1.29, 1.82) is 0 Å². The van der Waals surface area contributed by atoms with Crippen LogP contribution in [-0.2, 0) is 16.7 Å². The summed E-state index contributed by atoms with van der Waals surface area (Å²) in [5.74, 6) is 1.11. The summed E-state index contributed by atoms with van der Waals surface area (Å²) < 4.78 is 10.2. The van der Waals surface area contributed by atoms with E-state index in [1.54, 1.807) is 0 Å². The van der Waals surface area contributed by atoms with Gasteiger partial charge in [-0.1, -0.05) is 12.1 Å². The van der Waals surface area contributed by atoms with Crippen molar-refractivity contribution in [3.63, 3.8) is 0 Å². The molecule has 0 spiro atoms. The Morgan fingerprint density at radius 3 is 2.71 bits per heavy atom. The maximum Gasteiger partial charge on any atom is 0.226 e. The van der Waals surface area contributed by atoms with Gasteiger partial charge in [0.15, 0.2) is 5.82 Å². The minimum absolute atomic E-state index is 0.395. The van der Waals surface area contributed by atoms with Crippen LogP contribution in [0.3, 0.4) is 0 Å². The van der Waals surface area contributed by atoms with Gasteiger partial charge in [-0.3, -0.25) is 0 Å². The third-order valence-corrected chi connectivity index (χ3v) is 1.89. The number of nitrogens with two attached hydrogens (primary N) is 1. The lowest BCUT2D eigenvalue weighted by atomic mass is 10.1. The third-order valence-electron chi connectivity index (χ3n) is 1.89. The second kappa shape index (κ2) is 4.52. The molecule has 0 saturated heterocycles. The van der Waals surface area contributed by atoms with E-state index in [1.807, 2.05) is 20.8 Å². The van der Waals surface area contributed by atoms with Gasteiger partial charge in [-0.05, 0) is 13.8 Å². The molecule has 1 rings (SSSR count). The molecule has 5 heteroatoms. The highest BCUT2D eigenvalue weighted by molar-refractivity contribution is 5.01. The van der Waals surface area contributed by atoms with E-state index < -0.39 is 5.54 Å². The van der Waals surface area contributed by atoms with Crippen LogP contribution in [0.25, 0.3) is 0 Å². The zero-order valence-corrected chi connectivity index (χ0v) is 8.91. The van der Waals surface area contributed by atoms with Gasteiger partial charge in [-0.2, -0.15) is 4.98 Å². The first kappa shape index (κ1) is 11.1. The molecule has 0 aliphatic heterocycles. The number of hydrogen-bond donors (Lipinski definition) is 1. The van der Waals surface area contributed by atoms with Crippen LogP contribution in [0.1, 0.15) is 32.5 Å². The molecule has 1 unspecified atom stereocenters. The second-order valence-electron chi connectivity index (χ2n) is 3.42. The van der Waals surface area contributed by atoms with E-state index in [-0.39, 0.29) is 0 Å². The predicted molar refractivity (Wildman–Crippen MR) is 51.7 cm³/mol. The van der Waals surface area contributed by atoms with Crippen LogP contribution < -0.4 is 5.73 Å². The van der Waals surface area contributed by atoms with Crippen LogP contribution >= 0.6 is 0 Å². The van der Waals surface area contributed by atoms with Gasteiger partial charge in [-0.15, -0.1) is 0 Å². The van der Waals surface area contributed by atoms with Crippen molar-refractivity contribution < 1.29 is 9.26 Å². The van der Waals surface area contributed by atoms with Crippen molar-refractivity contribution in [2.45, 2.75) is 32.7 Å². The number of aromatic nitrogens is 2. The Kier molecular flexibility index (Phi) is 3.60. The summed E-state index contributed by atoms with van der Waals surface area (Å²) in [6.07, 6.45) is 0.720. The van der Waals surface area contributed by atoms with Gasteiger partial charge in [0.25, 0.3) is 0 Å². The van der Waals surface area contributed by atoms with Crippen molar-refractivity contribution >= 4 is 0 Å². The number of rotatable bonds is 5. The van der Waals surface area contributed by atoms with Crippen LogP contribution in [-0.4, -0.2) is 23.4 Å². The van der Waals surface area contributed by atoms with Crippen LogP contribution in [0.15, 0.2) is 4.52 Å². The summed E-state index contributed by atoms with van der Waals surface area (Å²) in [4.78, 5) is 4.17. The molecule has 0 aliphatic carbocycles. The van der Waals surface area contributed by atoms with Gasteiger partial charge in [0.05, 0.1) is 6.61 Å². The zero-order chi connectivity index (χ0) is 10.6. The van der Waals surface area contributed by atoms with Gasteiger partial charge in [0, 0.05) is 13.0 Å². The van der Waals surface area contributed by atoms with E-state index in [0.717, 1.165) is 6.42 Å². The third kappa shape index (κ3) is 2.52. The zero-order valence-electron chi connectivity index (χ0n) is 8.91. The molecule has 1 atom stereocenters. The summed E-state index contributed by atoms with van der Waals surface area (Å²) in [5.41, 5.74) is 5.31. The van der Waals surface area contributed by atoms with Crippen molar-refractivity contribution in [2.75, 3.05) is 13.2 Å². The molecule has 5 nitrogen and oxygen atoms in total. The molecule has 0 radical (unpaired) electrons. The van der Waals surface area contributed by atoms with E-state index in [0.29, 0.717) is 24.9 Å². The van der Waals surface area contributed by atoms with Gasteiger partial charge < -0.3 is 15.0 Å². The fourth-order valence-electron chi connectivity index (χ4n) is 1.01. The molecule has 1 heterocycles. The Bertz CT molecular complexity index is 283. The van der Waals surface area contributed by atoms with Crippen molar-refractivity contribution in [3.8, 4) is 0 Å². The summed E-state index contributed by atoms with van der Waals surface area (Å²) in [5, 5.41) is 3.82. The van der Waals surface area contributed by atoms with E-state index in [2.05, 4.69) is 10.1 Å². The van der Waals surface area contributed by atoms with Crippen molar-refractivity contribution in [2.24, 2.45) is 5.73 Å². The van der Waals surface area contributed by atoms with E-state index in [9.17, 15) is 0 Å². The molecule has 2 N–H and O–H groups in total. The minimum atomic E-state index is -0.674. The molecule has 0 bridgehead atoms. The lowest BCUT2D eigenvalue weighted by molar-refractivity contribution is 0.0962. The molecule has 0 aromatic carbocycles. The fraction of sp³-hybridized carbons (Fsp3) is 0.778. The highest BCUT2D eigenvalue weighted by atomic mass is 16.5. The van der Waals surface area contributed by atoms with Crippen LogP contribution in [0.5, 0.6) is 0 Å². The smallest absolute Gasteiger partial charge is 0.226 e. The molecule has 80 valence electrons. The van der Waals surface area contributed by atoms with E-state index in [1.165, 1.54) is 0 Å². The molecule has 0 fully saturated rings. The Labute approximate surface area is 83.6 Å². The predicted octanol–water partition coefficient (Wildman–Crippen LogP) is 0.842. The van der Waals surface area contributed by atoms with Crippen molar-refractivity contribution in [3.05, 3.63) is 11.7 Å². The summed E-state index contributed by atoms with van der Waals surface area (Å²) in [6, 6.07) is 0. The lowest BCUT2D eigenvalue weighted by Crippen LogP contribution is -2.39. The molecular formula is C9H17N3O2. The fourth-order valence-corrected chi connectivity index (χ4v) is 1.01.